The fourth-order valence-electron chi connectivity index (χ4n) is 1.51. The second-order valence-electron chi connectivity index (χ2n) is 3.88. The van der Waals surface area contributed by atoms with E-state index in [-0.39, 0.29) is 6.54 Å². The van der Waals surface area contributed by atoms with Gasteiger partial charge >= 0.3 is 6.18 Å². The summed E-state index contributed by atoms with van der Waals surface area (Å²) in [6.07, 6.45) is 0.976. The molecular weight excluding hydrogens is 263 g/mol. The lowest BCUT2D eigenvalue weighted by molar-refractivity contribution is -0.271. The third kappa shape index (κ3) is 3.06. The standard InChI is InChI=1S/C11H12F3N3O2/c1-3-4-15-8(18)7-10(19,11(12,13)14)9-16-5-6-17(9)2/h1,5-6,19H,4,7H2,2H3,(H,15,18). The average Bonchev–Trinajstić information content (AvgIpc) is 2.71. The van der Waals surface area contributed by atoms with E-state index in [9.17, 15) is 23.1 Å². The Balaban J connectivity index is 3.07. The summed E-state index contributed by atoms with van der Waals surface area (Å²) in [5.41, 5.74) is -3.36. The minimum atomic E-state index is -5.04. The number of carbonyl (C=O) groups excluding carboxylic acids is 1. The Kier molecular flexibility index (Phi) is 4.21. The van der Waals surface area contributed by atoms with E-state index in [1.54, 1.807) is 0 Å². The lowest BCUT2D eigenvalue weighted by atomic mass is 9.97. The van der Waals surface area contributed by atoms with Gasteiger partial charge in [0.2, 0.25) is 11.5 Å². The number of amides is 1. The zero-order valence-electron chi connectivity index (χ0n) is 10.0. The van der Waals surface area contributed by atoms with Crippen molar-refractivity contribution in [2.24, 2.45) is 7.05 Å². The SMILES string of the molecule is C#CCNC(=O)CC(O)(c1nccn1C)C(F)(F)F. The van der Waals surface area contributed by atoms with E-state index in [0.29, 0.717) is 0 Å². The van der Waals surface area contributed by atoms with Crippen LogP contribution in [0.2, 0.25) is 0 Å². The molecule has 1 aromatic heterocycles. The number of hydrogen-bond donors (Lipinski definition) is 2. The summed E-state index contributed by atoms with van der Waals surface area (Å²) in [7, 11) is 1.29. The highest BCUT2D eigenvalue weighted by Gasteiger charge is 2.58. The Morgan fingerprint density at radius 1 is 1.63 bits per heavy atom. The van der Waals surface area contributed by atoms with Crippen molar-refractivity contribution >= 4 is 5.91 Å². The highest BCUT2D eigenvalue weighted by Crippen LogP contribution is 2.40. The number of carbonyl (C=O) groups is 1. The molecule has 8 heteroatoms. The molecule has 2 N–H and O–H groups in total. The Labute approximate surface area is 107 Å². The zero-order chi connectivity index (χ0) is 14.7. The number of nitrogens with zero attached hydrogens (tertiary/aromatic N) is 2. The van der Waals surface area contributed by atoms with Crippen LogP contribution in [0.5, 0.6) is 0 Å². The first-order chi connectivity index (χ1) is 8.72. The average molecular weight is 275 g/mol. The maximum atomic E-state index is 13.0. The highest BCUT2D eigenvalue weighted by molar-refractivity contribution is 5.77. The maximum Gasteiger partial charge on any atom is 0.425 e. The van der Waals surface area contributed by atoms with Crippen molar-refractivity contribution in [3.63, 3.8) is 0 Å². The first-order valence-corrected chi connectivity index (χ1v) is 5.19. The van der Waals surface area contributed by atoms with Crippen LogP contribution in [0.25, 0.3) is 0 Å². The molecule has 1 aromatic rings. The predicted molar refractivity (Wildman–Crippen MR) is 59.6 cm³/mol. The van der Waals surface area contributed by atoms with Gasteiger partial charge in [-0.1, -0.05) is 5.92 Å². The van der Waals surface area contributed by atoms with Crippen LogP contribution in [0.4, 0.5) is 13.2 Å². The number of rotatable bonds is 4. The molecule has 1 unspecified atom stereocenters. The lowest BCUT2D eigenvalue weighted by Gasteiger charge is -2.29. The van der Waals surface area contributed by atoms with Crippen LogP contribution >= 0.6 is 0 Å². The van der Waals surface area contributed by atoms with E-state index < -0.39 is 29.9 Å². The quantitative estimate of drug-likeness (QED) is 0.777. The number of imidazole rings is 1. The van der Waals surface area contributed by atoms with Crippen molar-refractivity contribution in [2.45, 2.75) is 18.2 Å². The van der Waals surface area contributed by atoms with E-state index in [2.05, 4.69) is 16.2 Å². The molecule has 1 rings (SSSR count). The summed E-state index contributed by atoms with van der Waals surface area (Å²) < 4.78 is 40.0. The molecule has 0 aliphatic carbocycles. The topological polar surface area (TPSA) is 67.2 Å². The van der Waals surface area contributed by atoms with Crippen molar-refractivity contribution in [1.82, 2.24) is 14.9 Å². The number of halogens is 3. The molecule has 0 aliphatic rings. The molecule has 0 radical (unpaired) electrons. The molecule has 0 saturated carbocycles. The van der Waals surface area contributed by atoms with Gasteiger partial charge in [-0.2, -0.15) is 13.2 Å². The van der Waals surface area contributed by atoms with Crippen molar-refractivity contribution < 1.29 is 23.1 Å². The minimum Gasteiger partial charge on any atom is -0.374 e. The van der Waals surface area contributed by atoms with Gasteiger partial charge in [-0.15, -0.1) is 6.42 Å². The molecule has 0 fully saturated rings. The Morgan fingerprint density at radius 2 is 2.26 bits per heavy atom. The molecule has 0 spiro atoms. The number of aromatic nitrogens is 2. The molecule has 5 nitrogen and oxygen atoms in total. The Morgan fingerprint density at radius 3 is 2.68 bits per heavy atom. The van der Waals surface area contributed by atoms with Gasteiger partial charge in [0.25, 0.3) is 0 Å². The molecule has 0 saturated heterocycles. The molecule has 1 heterocycles. The molecule has 0 bridgehead atoms. The van der Waals surface area contributed by atoms with Crippen molar-refractivity contribution in [3.8, 4) is 12.3 Å². The fraction of sp³-hybridized carbons (Fsp3) is 0.455. The number of aryl methyl sites for hydroxylation is 1. The number of terminal acetylenes is 1. The first kappa shape index (κ1) is 15.0. The Bertz CT molecular complexity index is 504. The summed E-state index contributed by atoms with van der Waals surface area (Å²) >= 11 is 0. The predicted octanol–water partition coefficient (Wildman–Crippen LogP) is 0.309. The molecule has 1 amide bonds. The van der Waals surface area contributed by atoms with Crippen molar-refractivity contribution in [3.05, 3.63) is 18.2 Å². The van der Waals surface area contributed by atoms with Crippen LogP contribution in [-0.4, -0.2) is 33.3 Å². The number of alkyl halides is 3. The molecule has 104 valence electrons. The molecule has 0 aliphatic heterocycles. The van der Waals surface area contributed by atoms with Crippen LogP contribution in [0.15, 0.2) is 12.4 Å². The van der Waals surface area contributed by atoms with E-state index >= 15 is 0 Å². The van der Waals surface area contributed by atoms with E-state index in [1.807, 2.05) is 0 Å². The first-order valence-electron chi connectivity index (χ1n) is 5.19. The van der Waals surface area contributed by atoms with Crippen molar-refractivity contribution in [1.29, 1.82) is 0 Å². The second-order valence-corrected chi connectivity index (χ2v) is 3.88. The van der Waals surface area contributed by atoms with Gasteiger partial charge in [-0.05, 0) is 0 Å². The maximum absolute atomic E-state index is 13.0. The van der Waals surface area contributed by atoms with Gasteiger partial charge in [0.1, 0.15) is 0 Å². The second kappa shape index (κ2) is 5.32. The van der Waals surface area contributed by atoms with Crippen LogP contribution < -0.4 is 5.32 Å². The van der Waals surface area contributed by atoms with Crippen LogP contribution in [0.3, 0.4) is 0 Å². The van der Waals surface area contributed by atoms with Gasteiger partial charge in [0.05, 0.1) is 13.0 Å². The largest absolute Gasteiger partial charge is 0.425 e. The molecular formula is C11H12F3N3O2. The normalized spacial score (nSPS) is 14.5. The van der Waals surface area contributed by atoms with Gasteiger partial charge in [0.15, 0.2) is 5.82 Å². The number of aliphatic hydroxyl groups is 1. The summed E-state index contributed by atoms with van der Waals surface area (Å²) in [6.45, 7) is -0.215. The molecule has 1 atom stereocenters. The van der Waals surface area contributed by atoms with Crippen molar-refractivity contribution in [2.75, 3.05) is 6.54 Å². The van der Waals surface area contributed by atoms with E-state index in [4.69, 9.17) is 6.42 Å². The fourth-order valence-corrected chi connectivity index (χ4v) is 1.51. The van der Waals surface area contributed by atoms with E-state index in [1.165, 1.54) is 13.2 Å². The van der Waals surface area contributed by atoms with Crippen LogP contribution in [-0.2, 0) is 17.4 Å². The summed E-state index contributed by atoms with van der Waals surface area (Å²) in [6, 6.07) is 0. The van der Waals surface area contributed by atoms with Gasteiger partial charge < -0.3 is 15.0 Å². The highest BCUT2D eigenvalue weighted by atomic mass is 19.4. The summed E-state index contributed by atoms with van der Waals surface area (Å²) in [5, 5.41) is 11.9. The minimum absolute atomic E-state index is 0.215. The number of nitrogens with one attached hydrogen (secondary N) is 1. The van der Waals surface area contributed by atoms with Crippen LogP contribution in [0.1, 0.15) is 12.2 Å². The van der Waals surface area contributed by atoms with Gasteiger partial charge in [-0.25, -0.2) is 4.98 Å². The van der Waals surface area contributed by atoms with Gasteiger partial charge in [0, 0.05) is 19.4 Å². The Hall–Kier alpha value is -2.01. The third-order valence-corrected chi connectivity index (χ3v) is 2.46. The summed E-state index contributed by atoms with van der Waals surface area (Å²) in [5.74, 6) is 0.384. The van der Waals surface area contributed by atoms with E-state index in [0.717, 1.165) is 10.8 Å². The lowest BCUT2D eigenvalue weighted by Crippen LogP contribution is -2.47. The number of hydrogen-bond acceptors (Lipinski definition) is 3. The van der Waals surface area contributed by atoms with Gasteiger partial charge in [-0.3, -0.25) is 4.79 Å². The summed E-state index contributed by atoms with van der Waals surface area (Å²) in [4.78, 5) is 14.8. The smallest absolute Gasteiger partial charge is 0.374 e. The monoisotopic (exact) mass is 275 g/mol. The van der Waals surface area contributed by atoms with Crippen LogP contribution in [0, 0.1) is 12.3 Å². The third-order valence-electron chi connectivity index (χ3n) is 2.46. The molecule has 19 heavy (non-hydrogen) atoms. The zero-order valence-corrected chi connectivity index (χ0v) is 10.0. The molecule has 0 aromatic carbocycles.